The zero-order valence-corrected chi connectivity index (χ0v) is 10.2. The lowest BCUT2D eigenvalue weighted by Gasteiger charge is -2.35. The average Bonchev–Trinajstić information content (AvgIpc) is 2.07. The molecule has 1 nitrogen and oxygen atoms in total. The number of rotatable bonds is 2. The van der Waals surface area contributed by atoms with Crippen LogP contribution in [0.4, 0.5) is 0 Å². The molecule has 0 fully saturated rings. The Morgan fingerprint density at radius 2 is 2.07 bits per heavy atom. The first kappa shape index (κ1) is 11.5. The van der Waals surface area contributed by atoms with E-state index in [-0.39, 0.29) is 5.54 Å². The van der Waals surface area contributed by atoms with Gasteiger partial charge in [0, 0.05) is 5.54 Å². The predicted molar refractivity (Wildman–Crippen MR) is 63.4 cm³/mol. The van der Waals surface area contributed by atoms with Crippen LogP contribution >= 0.6 is 0 Å². The Morgan fingerprint density at radius 1 is 1.43 bits per heavy atom. The molecule has 0 atom stereocenters. The number of nitrogens with one attached hydrogen (secondary N) is 1. The first-order valence-electron chi connectivity index (χ1n) is 5.60. The first-order chi connectivity index (χ1) is 6.47. The van der Waals surface area contributed by atoms with Crippen molar-refractivity contribution in [3.63, 3.8) is 0 Å². The van der Waals surface area contributed by atoms with Crippen LogP contribution in [-0.4, -0.2) is 12.1 Å². The molecule has 1 rings (SSSR count). The summed E-state index contributed by atoms with van der Waals surface area (Å²) in [5.41, 5.74) is 4.67. The van der Waals surface area contributed by atoms with Crippen molar-refractivity contribution in [3.8, 4) is 0 Å². The minimum absolute atomic E-state index is 0.154. The van der Waals surface area contributed by atoms with Crippen LogP contribution in [0, 0.1) is 0 Å². The van der Waals surface area contributed by atoms with E-state index in [2.05, 4.69) is 46.0 Å². The van der Waals surface area contributed by atoms with Crippen molar-refractivity contribution in [1.29, 1.82) is 0 Å². The van der Waals surface area contributed by atoms with E-state index in [1.54, 1.807) is 5.57 Å². The number of hydrogen-bond donors (Lipinski definition) is 1. The zero-order valence-electron chi connectivity index (χ0n) is 10.2. The van der Waals surface area contributed by atoms with E-state index in [9.17, 15) is 0 Å². The van der Waals surface area contributed by atoms with Crippen LogP contribution in [0.25, 0.3) is 0 Å². The van der Waals surface area contributed by atoms with Gasteiger partial charge in [0.2, 0.25) is 0 Å². The Morgan fingerprint density at radius 3 is 2.57 bits per heavy atom. The summed E-state index contributed by atoms with van der Waals surface area (Å²) in [4.78, 5) is 0. The summed E-state index contributed by atoms with van der Waals surface area (Å²) < 4.78 is 0. The predicted octanol–water partition coefficient (Wildman–Crippen LogP) is 3.43. The van der Waals surface area contributed by atoms with Gasteiger partial charge in [-0.1, -0.05) is 24.1 Å². The highest BCUT2D eigenvalue weighted by Crippen LogP contribution is 2.29. The van der Waals surface area contributed by atoms with Gasteiger partial charge in [0.25, 0.3) is 0 Å². The van der Waals surface area contributed by atoms with Gasteiger partial charge in [0.05, 0.1) is 0 Å². The van der Waals surface area contributed by atoms with E-state index < -0.39 is 0 Å². The minimum Gasteiger partial charge on any atom is -0.308 e. The molecule has 0 saturated heterocycles. The molecular weight excluding hydrogens is 170 g/mol. The Kier molecular flexibility index (Phi) is 3.54. The van der Waals surface area contributed by atoms with Crippen LogP contribution in [0.1, 0.15) is 47.5 Å². The van der Waals surface area contributed by atoms with Crippen molar-refractivity contribution >= 4 is 0 Å². The van der Waals surface area contributed by atoms with Crippen LogP contribution in [0.2, 0.25) is 0 Å². The van der Waals surface area contributed by atoms with Gasteiger partial charge in [-0.25, -0.2) is 0 Å². The molecule has 0 saturated carbocycles. The average molecular weight is 193 g/mol. The van der Waals surface area contributed by atoms with Crippen molar-refractivity contribution in [3.05, 3.63) is 22.8 Å². The van der Waals surface area contributed by atoms with E-state index in [0.717, 1.165) is 6.54 Å². The van der Waals surface area contributed by atoms with Gasteiger partial charge in [-0.3, -0.25) is 0 Å². The summed E-state index contributed by atoms with van der Waals surface area (Å²) >= 11 is 0. The van der Waals surface area contributed by atoms with Crippen molar-refractivity contribution < 1.29 is 0 Å². The largest absolute Gasteiger partial charge is 0.308 e. The highest BCUT2D eigenvalue weighted by molar-refractivity contribution is 5.38. The highest BCUT2D eigenvalue weighted by Gasteiger charge is 2.26. The second-order valence-corrected chi connectivity index (χ2v) is 4.89. The Balaban J connectivity index is 3.11. The molecule has 0 spiro atoms. The van der Waals surface area contributed by atoms with Gasteiger partial charge in [0.1, 0.15) is 0 Å². The molecule has 0 bridgehead atoms. The fourth-order valence-electron chi connectivity index (χ4n) is 2.14. The molecule has 1 aliphatic rings. The second-order valence-electron chi connectivity index (χ2n) is 4.89. The van der Waals surface area contributed by atoms with Crippen LogP contribution in [0.15, 0.2) is 22.8 Å². The third-order valence-corrected chi connectivity index (χ3v) is 2.91. The molecule has 80 valence electrons. The van der Waals surface area contributed by atoms with E-state index in [1.807, 2.05) is 0 Å². The molecule has 0 unspecified atom stereocenters. The van der Waals surface area contributed by atoms with E-state index in [0.29, 0.717) is 0 Å². The summed E-state index contributed by atoms with van der Waals surface area (Å²) in [6.07, 6.45) is 4.73. The quantitative estimate of drug-likeness (QED) is 0.708. The van der Waals surface area contributed by atoms with Crippen molar-refractivity contribution in [2.24, 2.45) is 0 Å². The third-order valence-electron chi connectivity index (χ3n) is 2.91. The highest BCUT2D eigenvalue weighted by atomic mass is 15.0. The maximum atomic E-state index is 3.58. The van der Waals surface area contributed by atoms with Crippen molar-refractivity contribution in [2.45, 2.75) is 53.0 Å². The topological polar surface area (TPSA) is 12.0 Å². The van der Waals surface area contributed by atoms with Crippen LogP contribution in [0.3, 0.4) is 0 Å². The standard InChI is InChI=1S/C13H23N/c1-6-11-7-8-14-13(4,5)12(11)9-10(2)3/h9,14H,6-8H2,1-5H3. The SMILES string of the molecule is CCC1=C(C=C(C)C)C(C)(C)NCC1. The zero-order chi connectivity index (χ0) is 10.8. The summed E-state index contributed by atoms with van der Waals surface area (Å²) in [5, 5.41) is 3.58. The Bertz CT molecular complexity index is 265. The molecule has 0 aromatic heterocycles. The summed E-state index contributed by atoms with van der Waals surface area (Å²) in [5.74, 6) is 0. The fraction of sp³-hybridized carbons (Fsp3) is 0.692. The van der Waals surface area contributed by atoms with Gasteiger partial charge < -0.3 is 5.32 Å². The lowest BCUT2D eigenvalue weighted by Crippen LogP contribution is -2.45. The maximum Gasteiger partial charge on any atom is 0.0377 e. The first-order valence-corrected chi connectivity index (χ1v) is 5.60. The van der Waals surface area contributed by atoms with Gasteiger partial charge in [0.15, 0.2) is 0 Å². The van der Waals surface area contributed by atoms with Crippen molar-refractivity contribution in [1.82, 2.24) is 5.32 Å². The molecule has 1 aliphatic heterocycles. The second kappa shape index (κ2) is 4.31. The molecule has 0 aromatic rings. The Labute approximate surface area is 88.3 Å². The molecule has 14 heavy (non-hydrogen) atoms. The van der Waals surface area contributed by atoms with Gasteiger partial charge in [-0.15, -0.1) is 0 Å². The summed E-state index contributed by atoms with van der Waals surface area (Å²) in [6, 6.07) is 0. The lowest BCUT2D eigenvalue weighted by atomic mass is 9.83. The Hall–Kier alpha value is -0.560. The normalized spacial score (nSPS) is 20.9. The molecule has 1 heteroatoms. The maximum absolute atomic E-state index is 3.58. The van der Waals surface area contributed by atoms with Crippen LogP contribution in [-0.2, 0) is 0 Å². The third kappa shape index (κ3) is 2.48. The van der Waals surface area contributed by atoms with Crippen LogP contribution < -0.4 is 5.32 Å². The van der Waals surface area contributed by atoms with Crippen molar-refractivity contribution in [2.75, 3.05) is 6.54 Å². The molecule has 0 radical (unpaired) electrons. The summed E-state index contributed by atoms with van der Waals surface area (Å²) in [6.45, 7) is 12.3. The molecule has 1 N–H and O–H groups in total. The smallest absolute Gasteiger partial charge is 0.0377 e. The van der Waals surface area contributed by atoms with Gasteiger partial charge in [-0.2, -0.15) is 0 Å². The fourth-order valence-corrected chi connectivity index (χ4v) is 2.14. The molecule has 0 amide bonds. The molecular formula is C13H23N. The molecule has 0 aromatic carbocycles. The molecule has 1 heterocycles. The van der Waals surface area contributed by atoms with Crippen LogP contribution in [0.5, 0.6) is 0 Å². The molecule has 0 aliphatic carbocycles. The minimum atomic E-state index is 0.154. The summed E-state index contributed by atoms with van der Waals surface area (Å²) in [7, 11) is 0. The number of hydrogen-bond acceptors (Lipinski definition) is 1. The van der Waals surface area contributed by atoms with Gasteiger partial charge >= 0.3 is 0 Å². The lowest BCUT2D eigenvalue weighted by molar-refractivity contribution is 0.430. The van der Waals surface area contributed by atoms with E-state index >= 15 is 0 Å². The monoisotopic (exact) mass is 193 g/mol. The van der Waals surface area contributed by atoms with Gasteiger partial charge in [-0.05, 0) is 52.7 Å². The number of allylic oxidation sites excluding steroid dienone is 1. The van der Waals surface area contributed by atoms with E-state index in [1.165, 1.54) is 24.0 Å². The van der Waals surface area contributed by atoms with E-state index in [4.69, 9.17) is 0 Å².